The third kappa shape index (κ3) is 1.94. The number of benzene rings is 1. The molecule has 0 spiro atoms. The largest absolute Gasteiger partial charge is 0.324 e. The molecule has 0 radical (unpaired) electrons. The number of nitro benzene ring substituents is 1. The average Bonchev–Trinajstić information content (AvgIpc) is 2.16. The molecule has 1 rings (SSSR count). The van der Waals surface area contributed by atoms with E-state index in [4.69, 9.17) is 5.84 Å². The lowest BCUT2D eigenvalue weighted by atomic mass is 10.1. The second-order valence-corrected chi connectivity index (χ2v) is 2.47. The zero-order chi connectivity index (χ0) is 10.7. The molecule has 0 aliphatic rings. The molecule has 3 N–H and O–H groups in total. The second kappa shape index (κ2) is 3.97. The quantitative estimate of drug-likeness (QED) is 0.446. The summed E-state index contributed by atoms with van der Waals surface area (Å²) in [6.07, 6.45) is -2.80. The predicted octanol–water partition coefficient (Wildman–Crippen LogP) is 1.82. The zero-order valence-corrected chi connectivity index (χ0v) is 6.91. The number of non-ortho nitro benzene ring substituents is 1. The van der Waals surface area contributed by atoms with Crippen LogP contribution in [0.25, 0.3) is 0 Å². The number of hydrazine groups is 1. The van der Waals surface area contributed by atoms with Crippen LogP contribution in [0.5, 0.6) is 0 Å². The minimum Gasteiger partial charge on any atom is -0.324 e. The summed E-state index contributed by atoms with van der Waals surface area (Å²) in [5.41, 5.74) is 1.14. The van der Waals surface area contributed by atoms with Crippen LogP contribution in [0.1, 0.15) is 12.0 Å². The van der Waals surface area contributed by atoms with Gasteiger partial charge in [-0.1, -0.05) is 0 Å². The van der Waals surface area contributed by atoms with Crippen LogP contribution in [-0.2, 0) is 0 Å². The highest BCUT2D eigenvalue weighted by Crippen LogP contribution is 2.29. The number of nitrogens with two attached hydrogens (primary N) is 1. The molecule has 0 heterocycles. The normalized spacial score (nSPS) is 10.3. The molecule has 14 heavy (non-hydrogen) atoms. The van der Waals surface area contributed by atoms with E-state index < -0.39 is 16.9 Å². The van der Waals surface area contributed by atoms with Crippen molar-refractivity contribution in [1.29, 1.82) is 0 Å². The Hall–Kier alpha value is -1.76. The highest BCUT2D eigenvalue weighted by molar-refractivity contribution is 5.55. The molecule has 7 heteroatoms. The van der Waals surface area contributed by atoms with Gasteiger partial charge in [0, 0.05) is 17.7 Å². The lowest BCUT2D eigenvalue weighted by Crippen LogP contribution is -2.09. The summed E-state index contributed by atoms with van der Waals surface area (Å²) in [5, 5.41) is 10.3. The number of nitrogens with zero attached hydrogens (tertiary/aromatic N) is 1. The standard InChI is InChI=1S/C7H7F2N3O2/c8-7(9)5-3-4(12(13)14)1-2-6(5)11-10/h1-3,7,11H,10H2. The SMILES string of the molecule is NNc1ccc([N+](=O)[O-])cc1C(F)F. The Balaban J connectivity index is 3.20. The number of nitrogens with one attached hydrogen (secondary N) is 1. The van der Waals surface area contributed by atoms with Crippen LogP contribution in [-0.4, -0.2) is 4.92 Å². The van der Waals surface area contributed by atoms with E-state index in [-0.39, 0.29) is 11.4 Å². The number of rotatable bonds is 3. The van der Waals surface area contributed by atoms with Gasteiger partial charge < -0.3 is 5.43 Å². The van der Waals surface area contributed by atoms with Gasteiger partial charge in [-0.25, -0.2) is 8.78 Å². The summed E-state index contributed by atoms with van der Waals surface area (Å²) in [6.45, 7) is 0. The maximum absolute atomic E-state index is 12.3. The molecule has 0 aliphatic heterocycles. The summed E-state index contributed by atoms with van der Waals surface area (Å²) in [5.74, 6) is 4.96. The summed E-state index contributed by atoms with van der Waals surface area (Å²) in [6, 6.07) is 3.03. The van der Waals surface area contributed by atoms with Gasteiger partial charge in [-0.15, -0.1) is 0 Å². The van der Waals surface area contributed by atoms with Gasteiger partial charge in [-0.05, 0) is 6.07 Å². The van der Waals surface area contributed by atoms with Crippen molar-refractivity contribution in [2.45, 2.75) is 6.43 Å². The Bertz CT molecular complexity index is 357. The van der Waals surface area contributed by atoms with Crippen molar-refractivity contribution in [3.8, 4) is 0 Å². The lowest BCUT2D eigenvalue weighted by Gasteiger charge is -2.06. The Morgan fingerprint density at radius 2 is 2.14 bits per heavy atom. The van der Waals surface area contributed by atoms with Crippen molar-refractivity contribution in [2.75, 3.05) is 5.43 Å². The topological polar surface area (TPSA) is 81.2 Å². The molecule has 0 fully saturated rings. The molecule has 0 aromatic heterocycles. The zero-order valence-electron chi connectivity index (χ0n) is 6.91. The first kappa shape index (κ1) is 10.3. The molecule has 1 aromatic carbocycles. The molecular weight excluding hydrogens is 196 g/mol. The Kier molecular flexibility index (Phi) is 2.92. The van der Waals surface area contributed by atoms with Gasteiger partial charge >= 0.3 is 0 Å². The second-order valence-electron chi connectivity index (χ2n) is 2.47. The van der Waals surface area contributed by atoms with Gasteiger partial charge in [0.05, 0.1) is 10.6 Å². The molecule has 0 saturated heterocycles. The fourth-order valence-electron chi connectivity index (χ4n) is 0.976. The number of nitro groups is 1. The molecular formula is C7H7F2N3O2. The van der Waals surface area contributed by atoms with E-state index in [1.165, 1.54) is 0 Å². The number of anilines is 1. The molecule has 76 valence electrons. The third-order valence-corrected chi connectivity index (χ3v) is 1.64. The minimum absolute atomic E-state index is 0.0226. The average molecular weight is 203 g/mol. The number of nitrogen functional groups attached to an aromatic ring is 1. The number of hydrogen-bond donors (Lipinski definition) is 2. The van der Waals surface area contributed by atoms with Crippen LogP contribution < -0.4 is 11.3 Å². The maximum Gasteiger partial charge on any atom is 0.270 e. The van der Waals surface area contributed by atoms with E-state index >= 15 is 0 Å². The molecule has 0 atom stereocenters. The highest BCUT2D eigenvalue weighted by atomic mass is 19.3. The number of hydrogen-bond acceptors (Lipinski definition) is 4. The van der Waals surface area contributed by atoms with Crippen molar-refractivity contribution < 1.29 is 13.7 Å². The van der Waals surface area contributed by atoms with Crippen LogP contribution in [0.4, 0.5) is 20.2 Å². The van der Waals surface area contributed by atoms with Gasteiger partial charge in [0.1, 0.15) is 0 Å². The molecule has 1 aromatic rings. The maximum atomic E-state index is 12.3. The Morgan fingerprint density at radius 1 is 1.50 bits per heavy atom. The molecule has 0 amide bonds. The third-order valence-electron chi connectivity index (χ3n) is 1.64. The first-order chi connectivity index (χ1) is 6.56. The molecule has 5 nitrogen and oxygen atoms in total. The fraction of sp³-hybridized carbons (Fsp3) is 0.143. The van der Waals surface area contributed by atoms with E-state index in [2.05, 4.69) is 0 Å². The van der Waals surface area contributed by atoms with Crippen LogP contribution in [0, 0.1) is 10.1 Å². The first-order valence-corrected chi connectivity index (χ1v) is 3.59. The van der Waals surface area contributed by atoms with Gasteiger partial charge in [0.25, 0.3) is 12.1 Å². The monoisotopic (exact) mass is 203 g/mol. The van der Waals surface area contributed by atoms with Gasteiger partial charge in [-0.2, -0.15) is 0 Å². The molecule has 0 aliphatic carbocycles. The van der Waals surface area contributed by atoms with E-state index in [1.807, 2.05) is 5.43 Å². The molecule has 0 bridgehead atoms. The van der Waals surface area contributed by atoms with E-state index in [0.29, 0.717) is 0 Å². The predicted molar refractivity (Wildman–Crippen MR) is 45.9 cm³/mol. The summed E-state index contributed by atoms with van der Waals surface area (Å²) < 4.78 is 24.7. The number of halogens is 2. The summed E-state index contributed by atoms with van der Waals surface area (Å²) in [4.78, 5) is 9.54. The van der Waals surface area contributed by atoms with Crippen molar-refractivity contribution in [3.05, 3.63) is 33.9 Å². The van der Waals surface area contributed by atoms with Gasteiger partial charge in [0.15, 0.2) is 0 Å². The summed E-state index contributed by atoms with van der Waals surface area (Å²) in [7, 11) is 0. The van der Waals surface area contributed by atoms with Crippen molar-refractivity contribution in [2.24, 2.45) is 5.84 Å². The van der Waals surface area contributed by atoms with Crippen LogP contribution in [0.2, 0.25) is 0 Å². The number of alkyl halides is 2. The van der Waals surface area contributed by atoms with Crippen molar-refractivity contribution >= 4 is 11.4 Å². The van der Waals surface area contributed by atoms with Crippen LogP contribution >= 0.6 is 0 Å². The van der Waals surface area contributed by atoms with Crippen molar-refractivity contribution in [1.82, 2.24) is 0 Å². The van der Waals surface area contributed by atoms with Gasteiger partial charge in [-0.3, -0.25) is 16.0 Å². The van der Waals surface area contributed by atoms with E-state index in [0.717, 1.165) is 18.2 Å². The molecule has 0 unspecified atom stereocenters. The highest BCUT2D eigenvalue weighted by Gasteiger charge is 2.17. The van der Waals surface area contributed by atoms with Crippen LogP contribution in [0.3, 0.4) is 0 Å². The smallest absolute Gasteiger partial charge is 0.270 e. The Labute approximate surface area is 77.6 Å². The first-order valence-electron chi connectivity index (χ1n) is 3.59. The van der Waals surface area contributed by atoms with Gasteiger partial charge in [0.2, 0.25) is 0 Å². The van der Waals surface area contributed by atoms with E-state index in [1.54, 1.807) is 0 Å². The lowest BCUT2D eigenvalue weighted by molar-refractivity contribution is -0.385. The minimum atomic E-state index is -2.80. The molecule has 0 saturated carbocycles. The van der Waals surface area contributed by atoms with Crippen LogP contribution in [0.15, 0.2) is 18.2 Å². The Morgan fingerprint density at radius 3 is 2.57 bits per heavy atom. The van der Waals surface area contributed by atoms with Crippen molar-refractivity contribution in [3.63, 3.8) is 0 Å². The van der Waals surface area contributed by atoms with E-state index in [9.17, 15) is 18.9 Å². The fourth-order valence-corrected chi connectivity index (χ4v) is 0.976. The summed E-state index contributed by atoms with van der Waals surface area (Å²) >= 11 is 0.